The van der Waals surface area contributed by atoms with Crippen molar-refractivity contribution in [1.29, 1.82) is 0 Å². The lowest BCUT2D eigenvalue weighted by Gasteiger charge is -2.07. The minimum atomic E-state index is -3.82. The number of rotatable bonds is 6. The summed E-state index contributed by atoms with van der Waals surface area (Å²) in [6.45, 7) is 0.147. The first-order chi connectivity index (χ1) is 13.9. The van der Waals surface area contributed by atoms with Gasteiger partial charge in [0.1, 0.15) is 0 Å². The highest BCUT2D eigenvalue weighted by Gasteiger charge is 2.15. The molecule has 4 aromatic rings. The number of aromatic nitrogens is 4. The van der Waals surface area contributed by atoms with E-state index in [9.17, 15) is 18.0 Å². The quantitative estimate of drug-likeness (QED) is 0.434. The van der Waals surface area contributed by atoms with Crippen LogP contribution in [0.5, 0.6) is 0 Å². The van der Waals surface area contributed by atoms with E-state index in [4.69, 9.17) is 0 Å². The third-order valence-corrected chi connectivity index (χ3v) is 5.82. The van der Waals surface area contributed by atoms with Gasteiger partial charge in [-0.1, -0.05) is 18.2 Å². The number of hydrogen-bond donors (Lipinski definition) is 3. The summed E-state index contributed by atoms with van der Waals surface area (Å²) in [4.78, 5) is 27.7. The van der Waals surface area contributed by atoms with Crippen LogP contribution in [0.3, 0.4) is 0 Å². The molecule has 0 radical (unpaired) electrons. The van der Waals surface area contributed by atoms with E-state index in [1.807, 2.05) is 42.6 Å². The van der Waals surface area contributed by atoms with Crippen LogP contribution in [0.4, 0.5) is 0 Å². The van der Waals surface area contributed by atoms with Gasteiger partial charge in [0.05, 0.1) is 27.2 Å². The highest BCUT2D eigenvalue weighted by Crippen LogP contribution is 2.14. The van der Waals surface area contributed by atoms with Gasteiger partial charge in [0.15, 0.2) is 0 Å². The van der Waals surface area contributed by atoms with Crippen molar-refractivity contribution in [2.45, 2.75) is 11.3 Å². The number of hydrogen-bond acceptors (Lipinski definition) is 5. The van der Waals surface area contributed by atoms with Crippen molar-refractivity contribution >= 4 is 20.9 Å². The molecule has 0 aliphatic carbocycles. The largest absolute Gasteiger partial charge is 0.326 e. The van der Waals surface area contributed by atoms with Crippen LogP contribution in [-0.2, 0) is 16.4 Å². The molecule has 0 aliphatic rings. The molecule has 29 heavy (non-hydrogen) atoms. The first-order valence-corrected chi connectivity index (χ1v) is 10.3. The van der Waals surface area contributed by atoms with Crippen molar-refractivity contribution < 1.29 is 8.42 Å². The second kappa shape index (κ2) is 7.49. The van der Waals surface area contributed by atoms with E-state index in [0.29, 0.717) is 6.42 Å². The highest BCUT2D eigenvalue weighted by molar-refractivity contribution is 7.89. The first kappa shape index (κ1) is 18.8. The molecule has 10 heteroatoms. The van der Waals surface area contributed by atoms with E-state index >= 15 is 0 Å². The molecule has 0 amide bonds. The number of fused-ring (bicyclic) bond motifs is 1. The van der Waals surface area contributed by atoms with Crippen LogP contribution in [0.1, 0.15) is 5.69 Å². The number of benzene rings is 2. The van der Waals surface area contributed by atoms with Gasteiger partial charge in [-0.3, -0.25) is 9.78 Å². The Morgan fingerprint density at radius 1 is 1.00 bits per heavy atom. The number of nitrogens with one attached hydrogen (secondary N) is 3. The van der Waals surface area contributed by atoms with Gasteiger partial charge in [-0.05, 0) is 36.4 Å². The summed E-state index contributed by atoms with van der Waals surface area (Å²) in [7, 11) is -3.82. The Morgan fingerprint density at radius 3 is 2.59 bits per heavy atom. The molecule has 0 saturated carbocycles. The maximum absolute atomic E-state index is 12.6. The average Bonchev–Trinajstić information content (AvgIpc) is 3.17. The molecule has 0 fully saturated rings. The van der Waals surface area contributed by atoms with E-state index in [-0.39, 0.29) is 22.3 Å². The summed E-state index contributed by atoms with van der Waals surface area (Å²) in [5.74, 6) is 0. The summed E-state index contributed by atoms with van der Waals surface area (Å²) in [6.07, 6.45) is 2.22. The van der Waals surface area contributed by atoms with Crippen LogP contribution in [0, 0.1) is 0 Å². The number of para-hydroxylation sites is 1. The van der Waals surface area contributed by atoms with Gasteiger partial charge in [-0.15, -0.1) is 0 Å². The zero-order chi connectivity index (χ0) is 20.4. The Kier molecular flexibility index (Phi) is 4.87. The zero-order valence-electron chi connectivity index (χ0n) is 15.1. The smallest absolute Gasteiger partial charge is 0.307 e. The standard InChI is InChI=1S/C19H17N5O4S/c25-18-16-12-15(6-7-17(16)21-19(26)22-18)29(27,28)20-10-8-13-9-11-24(23-13)14-4-2-1-3-5-14/h1-7,9,11-12,20H,8,10H2,(H2,21,22,25,26). The molecule has 0 unspecified atom stereocenters. The van der Waals surface area contributed by atoms with Crippen molar-refractivity contribution in [3.05, 3.63) is 87.3 Å². The van der Waals surface area contributed by atoms with Crippen LogP contribution >= 0.6 is 0 Å². The fraction of sp³-hybridized carbons (Fsp3) is 0.105. The van der Waals surface area contributed by atoms with Crippen LogP contribution < -0.4 is 16.0 Å². The van der Waals surface area contributed by atoms with E-state index in [1.54, 1.807) is 4.68 Å². The first-order valence-electron chi connectivity index (χ1n) is 8.78. The van der Waals surface area contributed by atoms with Gasteiger partial charge in [-0.2, -0.15) is 5.10 Å². The van der Waals surface area contributed by atoms with E-state index in [0.717, 1.165) is 11.4 Å². The maximum Gasteiger partial charge on any atom is 0.326 e. The van der Waals surface area contributed by atoms with E-state index < -0.39 is 21.3 Å². The molecule has 148 valence electrons. The average molecular weight is 411 g/mol. The Morgan fingerprint density at radius 2 is 1.79 bits per heavy atom. The van der Waals surface area contributed by atoms with E-state index in [2.05, 4.69) is 19.8 Å². The van der Waals surface area contributed by atoms with Crippen LogP contribution in [0.15, 0.2) is 75.3 Å². The molecule has 3 N–H and O–H groups in total. The number of sulfonamides is 1. The molecule has 2 heterocycles. The Bertz CT molecular complexity index is 1390. The third-order valence-electron chi connectivity index (χ3n) is 4.36. The Balaban J connectivity index is 1.47. The van der Waals surface area contributed by atoms with Crippen molar-refractivity contribution in [2.75, 3.05) is 6.54 Å². The summed E-state index contributed by atoms with van der Waals surface area (Å²) in [5, 5.41) is 4.53. The molecule has 0 saturated heterocycles. The maximum atomic E-state index is 12.6. The molecular weight excluding hydrogens is 394 g/mol. The summed E-state index contributed by atoms with van der Waals surface area (Å²) in [5.41, 5.74) is 0.630. The van der Waals surface area contributed by atoms with Gasteiger partial charge in [0.25, 0.3) is 5.56 Å². The lowest BCUT2D eigenvalue weighted by Crippen LogP contribution is -2.27. The van der Waals surface area contributed by atoms with Crippen LogP contribution in [0.25, 0.3) is 16.6 Å². The van der Waals surface area contributed by atoms with Crippen molar-refractivity contribution in [2.24, 2.45) is 0 Å². The molecule has 0 spiro atoms. The SMILES string of the molecule is O=c1[nH]c(=O)c2cc(S(=O)(=O)NCCc3ccn(-c4ccccc4)n3)ccc2[nH]1. The van der Waals surface area contributed by atoms with Gasteiger partial charge in [0.2, 0.25) is 10.0 Å². The molecule has 9 nitrogen and oxygen atoms in total. The van der Waals surface area contributed by atoms with Crippen molar-refractivity contribution in [3.8, 4) is 5.69 Å². The molecule has 0 aliphatic heterocycles. The number of H-pyrrole nitrogens is 2. The molecule has 2 aromatic heterocycles. The fourth-order valence-corrected chi connectivity index (χ4v) is 3.99. The summed E-state index contributed by atoms with van der Waals surface area (Å²) < 4.78 is 29.3. The fourth-order valence-electron chi connectivity index (χ4n) is 2.93. The molecular formula is C19H17N5O4S. The zero-order valence-corrected chi connectivity index (χ0v) is 15.9. The number of nitrogens with zero attached hydrogens (tertiary/aromatic N) is 2. The van der Waals surface area contributed by atoms with Crippen LogP contribution in [0.2, 0.25) is 0 Å². The monoisotopic (exact) mass is 411 g/mol. The highest BCUT2D eigenvalue weighted by atomic mass is 32.2. The third kappa shape index (κ3) is 4.03. The molecule has 0 bridgehead atoms. The Hall–Kier alpha value is -3.50. The summed E-state index contributed by atoms with van der Waals surface area (Å²) >= 11 is 0. The molecule has 0 atom stereocenters. The normalized spacial score (nSPS) is 11.7. The lowest BCUT2D eigenvalue weighted by molar-refractivity contribution is 0.581. The van der Waals surface area contributed by atoms with Crippen molar-refractivity contribution in [1.82, 2.24) is 24.5 Å². The topological polar surface area (TPSA) is 130 Å². The van der Waals surface area contributed by atoms with Gasteiger partial charge >= 0.3 is 5.69 Å². The number of aromatic amines is 2. The lowest BCUT2D eigenvalue weighted by atomic mass is 10.2. The summed E-state index contributed by atoms with van der Waals surface area (Å²) in [6, 6.07) is 15.4. The van der Waals surface area contributed by atoms with Gasteiger partial charge in [0, 0.05) is 19.2 Å². The minimum absolute atomic E-state index is 0.0580. The second-order valence-electron chi connectivity index (χ2n) is 6.35. The molecule has 4 rings (SSSR count). The van der Waals surface area contributed by atoms with Gasteiger partial charge < -0.3 is 4.98 Å². The van der Waals surface area contributed by atoms with Crippen molar-refractivity contribution in [3.63, 3.8) is 0 Å². The Labute approximate surface area is 165 Å². The predicted molar refractivity (Wildman–Crippen MR) is 108 cm³/mol. The minimum Gasteiger partial charge on any atom is -0.307 e. The molecule has 2 aromatic carbocycles. The van der Waals surface area contributed by atoms with Gasteiger partial charge in [-0.25, -0.2) is 22.6 Å². The second-order valence-corrected chi connectivity index (χ2v) is 8.12. The predicted octanol–water partition coefficient (Wildman–Crippen LogP) is 0.923. The van der Waals surface area contributed by atoms with E-state index in [1.165, 1.54) is 18.2 Å². The van der Waals surface area contributed by atoms with Crippen LogP contribution in [-0.4, -0.2) is 34.7 Å².